The number of pyridine rings is 1. The van der Waals surface area contributed by atoms with E-state index < -0.39 is 47.9 Å². The number of aliphatic hydroxyl groups is 1. The number of carbonyl (C=O) groups excluding carboxylic acids is 4. The molecule has 0 aliphatic carbocycles. The van der Waals surface area contributed by atoms with Gasteiger partial charge in [-0.15, -0.1) is 0 Å². The van der Waals surface area contributed by atoms with Crippen molar-refractivity contribution in [1.82, 2.24) is 25.8 Å². The molecule has 3 heterocycles. The van der Waals surface area contributed by atoms with Gasteiger partial charge < -0.3 is 30.7 Å². The van der Waals surface area contributed by atoms with Gasteiger partial charge in [-0.2, -0.15) is 0 Å². The summed E-state index contributed by atoms with van der Waals surface area (Å²) in [5.41, 5.74) is 1.56. The van der Waals surface area contributed by atoms with Crippen LogP contribution in [-0.4, -0.2) is 82.5 Å². The molecule has 2 aliphatic heterocycles. The van der Waals surface area contributed by atoms with Crippen molar-refractivity contribution in [2.24, 2.45) is 5.92 Å². The van der Waals surface area contributed by atoms with Crippen LogP contribution in [0.2, 0.25) is 0 Å². The van der Waals surface area contributed by atoms with E-state index in [-0.39, 0.29) is 43.3 Å². The third-order valence-electron chi connectivity index (χ3n) is 6.67. The van der Waals surface area contributed by atoms with Crippen LogP contribution in [0.3, 0.4) is 0 Å². The molecule has 1 saturated heterocycles. The summed E-state index contributed by atoms with van der Waals surface area (Å²) in [5.74, 6) is -1.98. The number of amides is 4. The molecular formula is C27H33N5O6. The normalized spacial score (nSPS) is 25.1. The first kappa shape index (κ1) is 27.1. The average Bonchev–Trinajstić information content (AvgIpc) is 3.30. The number of carbonyl (C=O) groups is 4. The van der Waals surface area contributed by atoms with Gasteiger partial charge in [0.15, 0.2) is 0 Å². The zero-order valence-electron chi connectivity index (χ0n) is 21.6. The van der Waals surface area contributed by atoms with Gasteiger partial charge in [0.05, 0.1) is 23.9 Å². The van der Waals surface area contributed by atoms with Gasteiger partial charge in [-0.3, -0.25) is 24.2 Å². The van der Waals surface area contributed by atoms with Gasteiger partial charge >= 0.3 is 0 Å². The molecule has 38 heavy (non-hydrogen) atoms. The zero-order chi connectivity index (χ0) is 27.4. The van der Waals surface area contributed by atoms with E-state index in [1.807, 2.05) is 12.1 Å². The molecular weight excluding hydrogens is 490 g/mol. The molecule has 4 amide bonds. The number of aromatic nitrogens is 1. The first-order valence-corrected chi connectivity index (χ1v) is 12.7. The predicted octanol–water partition coefficient (Wildman–Crippen LogP) is 0.478. The van der Waals surface area contributed by atoms with E-state index in [9.17, 15) is 24.3 Å². The minimum atomic E-state index is -0.972. The Morgan fingerprint density at radius 1 is 1.08 bits per heavy atom. The molecule has 0 saturated carbocycles. The summed E-state index contributed by atoms with van der Waals surface area (Å²) in [4.78, 5) is 58.3. The highest BCUT2D eigenvalue weighted by atomic mass is 16.5. The summed E-state index contributed by atoms with van der Waals surface area (Å²) < 4.78 is 5.86. The van der Waals surface area contributed by atoms with E-state index in [0.717, 1.165) is 0 Å². The third kappa shape index (κ3) is 5.94. The van der Waals surface area contributed by atoms with Crippen molar-refractivity contribution < 1.29 is 29.0 Å². The fraction of sp³-hybridized carbons (Fsp3) is 0.444. The second-order valence-electron chi connectivity index (χ2n) is 9.89. The number of benzene rings is 1. The van der Waals surface area contributed by atoms with Crippen LogP contribution >= 0.6 is 0 Å². The van der Waals surface area contributed by atoms with Crippen LogP contribution in [0.25, 0.3) is 11.3 Å². The number of hydrogen-bond donors (Lipinski definition) is 4. The molecule has 1 fully saturated rings. The Morgan fingerprint density at radius 2 is 1.87 bits per heavy atom. The molecule has 0 radical (unpaired) electrons. The van der Waals surface area contributed by atoms with Crippen LogP contribution in [0.5, 0.6) is 5.75 Å². The van der Waals surface area contributed by atoms with E-state index in [4.69, 9.17) is 4.74 Å². The summed E-state index contributed by atoms with van der Waals surface area (Å²) in [6, 6.07) is 7.75. The standard InChI is InChI=1S/C27H33N5O6/c1-15(2)23-26(36)30-16(3)27(37)32-14-18(33)13-21(32)25(35)29-10-11-38-22-8-7-17(12-19(22)24(34)31-23)20-6-4-5-9-28-20/h4-9,12,15-16,18,21,23,33H,10-11,13-14H2,1-3H3,(H,29,35)(H,30,36)(H,31,34)/t16-,18+,21+,23+/m1/s1. The Morgan fingerprint density at radius 3 is 2.58 bits per heavy atom. The van der Waals surface area contributed by atoms with Crippen LogP contribution in [0.1, 0.15) is 37.6 Å². The minimum Gasteiger partial charge on any atom is -0.491 e. The lowest BCUT2D eigenvalue weighted by molar-refractivity contribution is -0.141. The molecule has 2 aromatic rings. The summed E-state index contributed by atoms with van der Waals surface area (Å²) in [6.45, 7) is 5.26. The summed E-state index contributed by atoms with van der Waals surface area (Å²) >= 11 is 0. The van der Waals surface area contributed by atoms with Crippen molar-refractivity contribution in [3.63, 3.8) is 0 Å². The fourth-order valence-electron chi connectivity index (χ4n) is 4.65. The maximum Gasteiger partial charge on any atom is 0.255 e. The highest BCUT2D eigenvalue weighted by molar-refractivity contribution is 6.01. The molecule has 1 aromatic carbocycles. The van der Waals surface area contributed by atoms with Crippen molar-refractivity contribution in [2.75, 3.05) is 19.7 Å². The first-order chi connectivity index (χ1) is 18.2. The van der Waals surface area contributed by atoms with E-state index >= 15 is 0 Å². The molecule has 0 spiro atoms. The zero-order valence-corrected chi connectivity index (χ0v) is 21.6. The molecule has 4 N–H and O–H groups in total. The first-order valence-electron chi connectivity index (χ1n) is 12.7. The van der Waals surface area contributed by atoms with Crippen LogP contribution in [0.4, 0.5) is 0 Å². The van der Waals surface area contributed by atoms with Crippen molar-refractivity contribution in [1.29, 1.82) is 0 Å². The van der Waals surface area contributed by atoms with Gasteiger partial charge in [0, 0.05) is 24.7 Å². The lowest BCUT2D eigenvalue weighted by atomic mass is 10.0. The van der Waals surface area contributed by atoms with Crippen molar-refractivity contribution in [3.8, 4) is 17.0 Å². The van der Waals surface area contributed by atoms with Gasteiger partial charge in [-0.1, -0.05) is 19.9 Å². The highest BCUT2D eigenvalue weighted by Crippen LogP contribution is 2.26. The third-order valence-corrected chi connectivity index (χ3v) is 6.67. The Labute approximate surface area is 220 Å². The van der Waals surface area contributed by atoms with E-state index in [2.05, 4.69) is 20.9 Å². The number of nitrogens with one attached hydrogen (secondary N) is 3. The van der Waals surface area contributed by atoms with Crippen molar-refractivity contribution >= 4 is 23.6 Å². The highest BCUT2D eigenvalue weighted by Gasteiger charge is 2.41. The molecule has 2 aliphatic rings. The minimum absolute atomic E-state index is 0.00996. The van der Waals surface area contributed by atoms with Gasteiger partial charge in [-0.05, 0) is 43.2 Å². The van der Waals surface area contributed by atoms with E-state index in [1.165, 1.54) is 11.8 Å². The molecule has 11 nitrogen and oxygen atoms in total. The van der Waals surface area contributed by atoms with E-state index in [0.29, 0.717) is 11.3 Å². The monoisotopic (exact) mass is 523 g/mol. The van der Waals surface area contributed by atoms with Gasteiger partial charge in [0.2, 0.25) is 17.7 Å². The molecule has 11 heteroatoms. The van der Waals surface area contributed by atoms with Crippen LogP contribution < -0.4 is 20.7 Å². The number of hydrogen-bond acceptors (Lipinski definition) is 7. The number of aliphatic hydroxyl groups excluding tert-OH is 1. The smallest absolute Gasteiger partial charge is 0.255 e. The second-order valence-corrected chi connectivity index (χ2v) is 9.89. The lowest BCUT2D eigenvalue weighted by Gasteiger charge is -2.29. The Hall–Kier alpha value is -3.99. The largest absolute Gasteiger partial charge is 0.491 e. The number of nitrogens with zero attached hydrogens (tertiary/aromatic N) is 2. The molecule has 1 aromatic heterocycles. The Balaban J connectivity index is 1.67. The number of ether oxygens (including phenoxy) is 1. The topological polar surface area (TPSA) is 150 Å². The molecule has 202 valence electrons. The molecule has 0 unspecified atom stereocenters. The number of rotatable bonds is 2. The quantitative estimate of drug-likeness (QED) is 0.447. The van der Waals surface area contributed by atoms with Crippen LogP contribution in [0, 0.1) is 5.92 Å². The van der Waals surface area contributed by atoms with E-state index in [1.54, 1.807) is 44.3 Å². The SMILES string of the molecule is CC(C)[C@@H]1NC(=O)c2cc(-c3ccccn3)ccc2OCCNC(=O)[C@@H]2C[C@H](O)CN2C(=O)[C@@H](C)NC1=O. The van der Waals surface area contributed by atoms with Gasteiger partial charge in [0.1, 0.15) is 30.5 Å². The van der Waals surface area contributed by atoms with Gasteiger partial charge in [-0.25, -0.2) is 0 Å². The lowest BCUT2D eigenvalue weighted by Crippen LogP contribution is -2.57. The van der Waals surface area contributed by atoms with Crippen molar-refractivity contribution in [3.05, 3.63) is 48.2 Å². The maximum atomic E-state index is 13.5. The molecule has 0 bridgehead atoms. The average molecular weight is 524 g/mol. The maximum absolute atomic E-state index is 13.5. The Kier molecular flexibility index (Phi) is 8.26. The summed E-state index contributed by atoms with van der Waals surface area (Å²) in [7, 11) is 0. The predicted molar refractivity (Wildman–Crippen MR) is 138 cm³/mol. The van der Waals surface area contributed by atoms with Crippen LogP contribution in [0.15, 0.2) is 42.6 Å². The van der Waals surface area contributed by atoms with Crippen LogP contribution in [-0.2, 0) is 14.4 Å². The fourth-order valence-corrected chi connectivity index (χ4v) is 4.65. The summed E-state index contributed by atoms with van der Waals surface area (Å²) in [6.07, 6.45) is 0.903. The molecule has 4 atom stereocenters. The second kappa shape index (κ2) is 11.6. The number of fused-ring (bicyclic) bond motifs is 2. The van der Waals surface area contributed by atoms with Gasteiger partial charge in [0.25, 0.3) is 5.91 Å². The summed E-state index contributed by atoms with van der Waals surface area (Å²) in [5, 5.41) is 18.3. The van der Waals surface area contributed by atoms with Crippen molar-refractivity contribution in [2.45, 2.75) is 51.4 Å². The Bertz CT molecular complexity index is 1200. The molecule has 4 rings (SSSR count).